The lowest BCUT2D eigenvalue weighted by atomic mass is 10.1. The van der Waals surface area contributed by atoms with Crippen LogP contribution in [0, 0.1) is 0 Å². The van der Waals surface area contributed by atoms with Gasteiger partial charge >= 0.3 is 5.97 Å². The van der Waals surface area contributed by atoms with E-state index in [0.717, 1.165) is 43.4 Å². The second-order valence-corrected chi connectivity index (χ2v) is 6.74. The maximum atomic E-state index is 12.8. The molecule has 0 aliphatic heterocycles. The standard InChI is InChI=1S/C22H31NO4/c1-3-17-27-20-12-8-5-9-18(20)13-14-21(24)23(19-10-6-7-11-19)16-15-22(25)26-4-2/h5,8-9,12-14,19H,3-4,6-7,10-11,15-17H2,1-2H3/b14-13+. The Morgan fingerprint density at radius 2 is 1.93 bits per heavy atom. The summed E-state index contributed by atoms with van der Waals surface area (Å²) in [7, 11) is 0. The predicted octanol–water partition coefficient (Wildman–Crippen LogP) is 4.21. The van der Waals surface area contributed by atoms with Gasteiger partial charge in [0.1, 0.15) is 5.75 Å². The Morgan fingerprint density at radius 3 is 2.63 bits per heavy atom. The van der Waals surface area contributed by atoms with Crippen LogP contribution in [-0.2, 0) is 14.3 Å². The zero-order chi connectivity index (χ0) is 19.5. The number of hydrogen-bond donors (Lipinski definition) is 0. The lowest BCUT2D eigenvalue weighted by Gasteiger charge is -2.27. The fraction of sp³-hybridized carbons (Fsp3) is 0.545. The van der Waals surface area contributed by atoms with E-state index in [4.69, 9.17) is 9.47 Å². The average Bonchev–Trinajstić information content (AvgIpc) is 3.20. The summed E-state index contributed by atoms with van der Waals surface area (Å²) in [6, 6.07) is 7.92. The fourth-order valence-corrected chi connectivity index (χ4v) is 3.35. The molecule has 2 rings (SSSR count). The largest absolute Gasteiger partial charge is 0.493 e. The van der Waals surface area contributed by atoms with E-state index in [9.17, 15) is 9.59 Å². The SMILES string of the molecule is CCCOc1ccccc1/C=C/C(=O)N(CCC(=O)OCC)C1CCCC1. The van der Waals surface area contributed by atoms with Crippen LogP contribution in [0.3, 0.4) is 0 Å². The second kappa shape index (κ2) is 11.4. The van der Waals surface area contributed by atoms with Gasteiger partial charge in [-0.3, -0.25) is 9.59 Å². The molecule has 0 N–H and O–H groups in total. The van der Waals surface area contributed by atoms with Gasteiger partial charge in [-0.05, 0) is 38.3 Å². The molecule has 1 aromatic rings. The number of benzene rings is 1. The Balaban J connectivity index is 2.06. The summed E-state index contributed by atoms with van der Waals surface area (Å²) in [6.07, 6.45) is 8.82. The number of amides is 1. The first-order valence-corrected chi connectivity index (χ1v) is 10.0. The summed E-state index contributed by atoms with van der Waals surface area (Å²) in [6.45, 7) is 5.27. The van der Waals surface area contributed by atoms with E-state index in [-0.39, 0.29) is 24.3 Å². The highest BCUT2D eigenvalue weighted by atomic mass is 16.5. The Bertz CT molecular complexity index is 635. The number of carbonyl (C=O) groups excluding carboxylic acids is 2. The number of hydrogen-bond acceptors (Lipinski definition) is 4. The van der Waals surface area contributed by atoms with Crippen molar-refractivity contribution in [2.24, 2.45) is 0 Å². The number of carbonyl (C=O) groups is 2. The monoisotopic (exact) mass is 373 g/mol. The first kappa shape index (κ1) is 21.0. The molecule has 1 fully saturated rings. The van der Waals surface area contributed by atoms with Crippen LogP contribution in [0.1, 0.15) is 57.9 Å². The van der Waals surface area contributed by atoms with Crippen molar-refractivity contribution in [3.8, 4) is 5.75 Å². The Labute approximate surface area is 162 Å². The molecule has 5 nitrogen and oxygen atoms in total. The van der Waals surface area contributed by atoms with Gasteiger partial charge in [-0.2, -0.15) is 0 Å². The molecule has 0 radical (unpaired) electrons. The molecule has 1 aliphatic rings. The average molecular weight is 373 g/mol. The molecule has 5 heteroatoms. The van der Waals surface area contributed by atoms with Gasteiger partial charge in [0.25, 0.3) is 0 Å². The molecule has 1 aromatic carbocycles. The molecule has 27 heavy (non-hydrogen) atoms. The van der Waals surface area contributed by atoms with E-state index >= 15 is 0 Å². The summed E-state index contributed by atoms with van der Waals surface area (Å²) in [4.78, 5) is 26.4. The molecule has 0 aromatic heterocycles. The number of para-hydroxylation sites is 1. The summed E-state index contributed by atoms with van der Waals surface area (Å²) < 4.78 is 10.8. The fourth-order valence-electron chi connectivity index (χ4n) is 3.35. The third-order valence-electron chi connectivity index (χ3n) is 4.70. The van der Waals surface area contributed by atoms with Crippen molar-refractivity contribution >= 4 is 18.0 Å². The molecule has 0 unspecified atom stereocenters. The van der Waals surface area contributed by atoms with Gasteiger partial charge in [0.15, 0.2) is 0 Å². The van der Waals surface area contributed by atoms with Crippen molar-refractivity contribution in [3.63, 3.8) is 0 Å². The van der Waals surface area contributed by atoms with Gasteiger partial charge in [-0.15, -0.1) is 0 Å². The van der Waals surface area contributed by atoms with E-state index in [2.05, 4.69) is 6.92 Å². The van der Waals surface area contributed by atoms with E-state index in [1.54, 1.807) is 19.1 Å². The summed E-state index contributed by atoms with van der Waals surface area (Å²) >= 11 is 0. The highest BCUT2D eigenvalue weighted by molar-refractivity contribution is 5.92. The topological polar surface area (TPSA) is 55.8 Å². The van der Waals surface area contributed by atoms with Gasteiger partial charge in [-0.1, -0.05) is 38.0 Å². The third kappa shape index (κ3) is 6.74. The van der Waals surface area contributed by atoms with Crippen LogP contribution in [0.25, 0.3) is 6.08 Å². The van der Waals surface area contributed by atoms with E-state index in [1.807, 2.05) is 29.2 Å². The summed E-state index contributed by atoms with van der Waals surface area (Å²) in [5.41, 5.74) is 0.885. The first-order valence-electron chi connectivity index (χ1n) is 10.0. The zero-order valence-corrected chi connectivity index (χ0v) is 16.5. The molecule has 0 saturated heterocycles. The number of rotatable bonds is 10. The van der Waals surface area contributed by atoms with Crippen molar-refractivity contribution in [2.45, 2.75) is 58.4 Å². The molecule has 0 spiro atoms. The highest BCUT2D eigenvalue weighted by Gasteiger charge is 2.26. The van der Waals surface area contributed by atoms with Gasteiger partial charge < -0.3 is 14.4 Å². The van der Waals surface area contributed by atoms with Crippen LogP contribution in [0.5, 0.6) is 5.75 Å². The van der Waals surface area contributed by atoms with Crippen LogP contribution >= 0.6 is 0 Å². The van der Waals surface area contributed by atoms with Gasteiger partial charge in [-0.25, -0.2) is 0 Å². The molecule has 1 amide bonds. The van der Waals surface area contributed by atoms with Gasteiger partial charge in [0.2, 0.25) is 5.91 Å². The normalized spacial score (nSPS) is 14.4. The quantitative estimate of drug-likeness (QED) is 0.455. The van der Waals surface area contributed by atoms with Crippen LogP contribution in [-0.4, -0.2) is 42.6 Å². The molecule has 1 aliphatic carbocycles. The van der Waals surface area contributed by atoms with Gasteiger partial charge in [0, 0.05) is 24.2 Å². The predicted molar refractivity (Wildman–Crippen MR) is 106 cm³/mol. The van der Waals surface area contributed by atoms with Crippen molar-refractivity contribution < 1.29 is 19.1 Å². The number of nitrogens with zero attached hydrogens (tertiary/aromatic N) is 1. The van der Waals surface area contributed by atoms with Crippen LogP contribution < -0.4 is 4.74 Å². The molecule has 148 valence electrons. The number of ether oxygens (including phenoxy) is 2. The minimum atomic E-state index is -0.254. The van der Waals surface area contributed by atoms with Crippen LogP contribution in [0.15, 0.2) is 30.3 Å². The Hall–Kier alpha value is -2.30. The summed E-state index contributed by atoms with van der Waals surface area (Å²) in [5, 5.41) is 0. The third-order valence-corrected chi connectivity index (χ3v) is 4.70. The van der Waals surface area contributed by atoms with Crippen molar-refractivity contribution in [1.29, 1.82) is 0 Å². The van der Waals surface area contributed by atoms with E-state index in [1.165, 1.54) is 0 Å². The molecule has 1 saturated carbocycles. The molecule has 0 bridgehead atoms. The maximum absolute atomic E-state index is 12.8. The molecule has 0 heterocycles. The minimum Gasteiger partial charge on any atom is -0.493 e. The van der Waals surface area contributed by atoms with Crippen LogP contribution in [0.4, 0.5) is 0 Å². The maximum Gasteiger partial charge on any atom is 0.307 e. The Kier molecular flexibility index (Phi) is 8.89. The lowest BCUT2D eigenvalue weighted by molar-refractivity contribution is -0.144. The van der Waals surface area contributed by atoms with E-state index in [0.29, 0.717) is 19.8 Å². The second-order valence-electron chi connectivity index (χ2n) is 6.74. The van der Waals surface area contributed by atoms with Crippen molar-refractivity contribution in [1.82, 2.24) is 4.90 Å². The lowest BCUT2D eigenvalue weighted by Crippen LogP contribution is -2.39. The van der Waals surface area contributed by atoms with Crippen LogP contribution in [0.2, 0.25) is 0 Å². The van der Waals surface area contributed by atoms with E-state index < -0.39 is 0 Å². The Morgan fingerprint density at radius 1 is 1.19 bits per heavy atom. The van der Waals surface area contributed by atoms with Gasteiger partial charge in [0.05, 0.1) is 19.6 Å². The highest BCUT2D eigenvalue weighted by Crippen LogP contribution is 2.25. The van der Waals surface area contributed by atoms with Crippen molar-refractivity contribution in [3.05, 3.63) is 35.9 Å². The molecular weight excluding hydrogens is 342 g/mol. The number of esters is 1. The van der Waals surface area contributed by atoms with Crippen molar-refractivity contribution in [2.75, 3.05) is 19.8 Å². The smallest absolute Gasteiger partial charge is 0.307 e. The first-order chi connectivity index (χ1) is 13.2. The summed E-state index contributed by atoms with van der Waals surface area (Å²) in [5.74, 6) is 0.467. The minimum absolute atomic E-state index is 0.0588. The molecular formula is C22H31NO4. The zero-order valence-electron chi connectivity index (χ0n) is 16.5. The molecule has 0 atom stereocenters.